The van der Waals surface area contributed by atoms with Gasteiger partial charge in [0.2, 0.25) is 0 Å². The third-order valence-electron chi connectivity index (χ3n) is 2.59. The van der Waals surface area contributed by atoms with Crippen molar-refractivity contribution in [3.8, 4) is 0 Å². The van der Waals surface area contributed by atoms with E-state index in [1.807, 2.05) is 12.1 Å². The van der Waals surface area contributed by atoms with Crippen LogP contribution in [-0.2, 0) is 4.79 Å². The normalized spacial score (nSPS) is 13.7. The van der Waals surface area contributed by atoms with Crippen LogP contribution in [0.1, 0.15) is 0 Å². The van der Waals surface area contributed by atoms with Crippen LogP contribution in [0, 0.1) is 0 Å². The van der Waals surface area contributed by atoms with E-state index < -0.39 is 24.9 Å². The van der Waals surface area contributed by atoms with Crippen molar-refractivity contribution >= 4 is 17.5 Å². The molecule has 0 fully saturated rings. The van der Waals surface area contributed by atoms with Crippen LogP contribution in [0.5, 0.6) is 0 Å². The topological polar surface area (TPSA) is 166 Å². The average Bonchev–Trinajstić information content (AvgIpc) is 3.34. The molecule has 130 valence electrons. The molecule has 0 spiro atoms. The van der Waals surface area contributed by atoms with Crippen LogP contribution in [0.15, 0.2) is 47.9 Å². The van der Waals surface area contributed by atoms with Crippen molar-refractivity contribution in [3.63, 3.8) is 0 Å². The first-order valence-corrected chi connectivity index (χ1v) is 6.76. The lowest BCUT2D eigenvalue weighted by Crippen LogP contribution is -2.40. The molecule has 0 aliphatic rings. The number of hydrogen-bond acceptors (Lipinski definition) is 9. The summed E-state index contributed by atoms with van der Waals surface area (Å²) in [5, 5.41) is 34.1. The van der Waals surface area contributed by atoms with Gasteiger partial charge in [0.05, 0.1) is 31.7 Å². The zero-order valence-electron chi connectivity index (χ0n) is 12.5. The van der Waals surface area contributed by atoms with Crippen molar-refractivity contribution in [1.82, 2.24) is 19.9 Å². The Morgan fingerprint density at radius 2 is 1.92 bits per heavy atom. The second-order valence-corrected chi connectivity index (χ2v) is 4.32. The molecule has 0 saturated carbocycles. The molecule has 0 aliphatic heterocycles. The second-order valence-electron chi connectivity index (χ2n) is 4.32. The first kappa shape index (κ1) is 19.4. The highest BCUT2D eigenvalue weighted by atomic mass is 16.4. The Labute approximate surface area is 136 Å². The monoisotopic (exact) mass is 338 g/mol. The lowest BCUT2D eigenvalue weighted by Gasteiger charge is -2.16. The Morgan fingerprint density at radius 3 is 2.42 bits per heavy atom. The molecule has 3 aromatic rings. The van der Waals surface area contributed by atoms with Gasteiger partial charge in [-0.1, -0.05) is 0 Å². The third-order valence-corrected chi connectivity index (χ3v) is 2.59. The molecule has 3 atom stereocenters. The molecule has 0 amide bonds. The van der Waals surface area contributed by atoms with Gasteiger partial charge in [0.25, 0.3) is 0 Å². The molecule has 0 aliphatic carbocycles. The molecule has 3 rings (SSSR count). The molecule has 3 aromatic heterocycles. The summed E-state index contributed by atoms with van der Waals surface area (Å²) in [5.74, 6) is 0. The number of carbonyl (C=O) groups is 1. The Morgan fingerprint density at radius 1 is 1.21 bits per heavy atom. The number of aliphatic hydroxyl groups excluding tert-OH is 4. The van der Waals surface area contributed by atoms with Crippen molar-refractivity contribution in [3.05, 3.63) is 43.5 Å². The number of nitrogens with one attached hydrogen (secondary N) is 1. The number of aromatic amines is 1. The summed E-state index contributed by atoms with van der Waals surface area (Å²) in [6.45, 7) is -0.688. The van der Waals surface area contributed by atoms with Crippen LogP contribution in [0.3, 0.4) is 0 Å². The fourth-order valence-electron chi connectivity index (χ4n) is 1.33. The minimum atomic E-state index is -1.64. The molecule has 0 aromatic carbocycles. The van der Waals surface area contributed by atoms with E-state index in [1.165, 1.54) is 6.33 Å². The molecule has 10 heteroatoms. The Bertz CT molecular complexity index is 627. The highest BCUT2D eigenvalue weighted by Gasteiger charge is 2.22. The van der Waals surface area contributed by atoms with Gasteiger partial charge >= 0.3 is 0 Å². The summed E-state index contributed by atoms with van der Waals surface area (Å²) in [6, 6.07) is 3.67. The van der Waals surface area contributed by atoms with E-state index in [0.29, 0.717) is 5.65 Å². The molecule has 3 heterocycles. The van der Waals surface area contributed by atoms with Crippen molar-refractivity contribution in [1.29, 1.82) is 0 Å². The highest BCUT2D eigenvalue weighted by molar-refractivity contribution is 5.67. The van der Waals surface area contributed by atoms with E-state index in [9.17, 15) is 4.79 Å². The largest absolute Gasteiger partial charge is 0.473 e. The zero-order chi connectivity index (χ0) is 17.8. The van der Waals surface area contributed by atoms with E-state index in [4.69, 9.17) is 20.4 Å². The first-order chi connectivity index (χ1) is 11.6. The van der Waals surface area contributed by atoms with Crippen LogP contribution >= 0.6 is 0 Å². The number of H-pyrrole nitrogens is 1. The summed E-state index contributed by atoms with van der Waals surface area (Å²) in [4.78, 5) is 24.2. The number of aromatic nitrogens is 4. The van der Waals surface area contributed by atoms with Gasteiger partial charge in [0.15, 0.2) is 11.9 Å². The maximum atomic E-state index is 9.76. The maximum Gasteiger partial charge on any atom is 0.180 e. The van der Waals surface area contributed by atoms with E-state index in [1.54, 1.807) is 25.1 Å². The molecular weight excluding hydrogens is 320 g/mol. The summed E-state index contributed by atoms with van der Waals surface area (Å²) in [7, 11) is 0. The predicted molar refractivity (Wildman–Crippen MR) is 81.6 cm³/mol. The molecule has 3 unspecified atom stereocenters. The number of hydrogen-bond donors (Lipinski definition) is 5. The maximum absolute atomic E-state index is 9.76. The van der Waals surface area contributed by atoms with Gasteiger partial charge in [0.1, 0.15) is 30.2 Å². The standard InChI is InChI=1S/C5H4N4.C5H10O5.C4H4O/c1-4-5(8-2-6-1)9-3-7-4;6-1-3(8)5(10)4(9)2-7;1-2-4-5-3-1/h1-3H,(H,6,7,8,9);1,3-5,7-10H,2H2;1-4H. The van der Waals surface area contributed by atoms with E-state index >= 15 is 0 Å². The summed E-state index contributed by atoms with van der Waals surface area (Å²) < 4.78 is 4.58. The minimum absolute atomic E-state index is 0.0869. The van der Waals surface area contributed by atoms with Crippen LogP contribution < -0.4 is 0 Å². The van der Waals surface area contributed by atoms with E-state index in [0.717, 1.165) is 5.52 Å². The van der Waals surface area contributed by atoms with E-state index in [2.05, 4.69) is 24.4 Å². The molecule has 0 radical (unpaired) electrons. The quantitative estimate of drug-likeness (QED) is 0.371. The fraction of sp³-hybridized carbons (Fsp3) is 0.286. The van der Waals surface area contributed by atoms with Gasteiger partial charge in [-0.3, -0.25) is 0 Å². The summed E-state index contributed by atoms with van der Waals surface area (Å²) >= 11 is 0. The molecule has 10 nitrogen and oxygen atoms in total. The number of rotatable bonds is 4. The molecular formula is C14H18N4O6. The van der Waals surface area contributed by atoms with Crippen molar-refractivity contribution in [2.24, 2.45) is 0 Å². The number of aliphatic hydroxyl groups is 4. The number of furan rings is 1. The van der Waals surface area contributed by atoms with Gasteiger partial charge in [-0.25, -0.2) is 15.0 Å². The highest BCUT2D eigenvalue weighted by Crippen LogP contribution is 1.99. The second kappa shape index (κ2) is 11.0. The zero-order valence-corrected chi connectivity index (χ0v) is 12.5. The molecule has 0 saturated heterocycles. The molecule has 0 bridgehead atoms. The Hall–Kier alpha value is -2.66. The van der Waals surface area contributed by atoms with Crippen molar-refractivity contribution in [2.45, 2.75) is 18.3 Å². The number of nitrogens with zero attached hydrogens (tertiary/aromatic N) is 3. The Kier molecular flexibility index (Phi) is 8.86. The van der Waals surface area contributed by atoms with Crippen molar-refractivity contribution < 1.29 is 29.6 Å². The molecule has 5 N–H and O–H groups in total. The molecule has 24 heavy (non-hydrogen) atoms. The number of carbonyl (C=O) groups excluding carboxylic acids is 1. The SMILES string of the molecule is O=CC(O)C(O)C(O)CO.c1ccoc1.c1ncc2[nH]cnc2n1. The van der Waals surface area contributed by atoms with Crippen LogP contribution in [-0.4, -0.2) is 71.6 Å². The summed E-state index contributed by atoms with van der Waals surface area (Å²) in [5.41, 5.74) is 1.59. The number of imidazole rings is 1. The van der Waals surface area contributed by atoms with Gasteiger partial charge in [-0.2, -0.15) is 0 Å². The predicted octanol–water partition coefficient (Wildman–Crippen LogP) is -1.11. The van der Waals surface area contributed by atoms with Gasteiger partial charge in [-0.05, 0) is 12.1 Å². The van der Waals surface area contributed by atoms with Crippen LogP contribution in [0.4, 0.5) is 0 Å². The third kappa shape index (κ3) is 6.62. The minimum Gasteiger partial charge on any atom is -0.473 e. The van der Waals surface area contributed by atoms with Crippen LogP contribution in [0.25, 0.3) is 11.2 Å². The average molecular weight is 338 g/mol. The first-order valence-electron chi connectivity index (χ1n) is 6.76. The number of fused-ring (bicyclic) bond motifs is 1. The van der Waals surface area contributed by atoms with Crippen LogP contribution in [0.2, 0.25) is 0 Å². The lowest BCUT2D eigenvalue weighted by atomic mass is 10.1. The van der Waals surface area contributed by atoms with Gasteiger partial charge < -0.3 is 34.6 Å². The Balaban J connectivity index is 0.000000189. The van der Waals surface area contributed by atoms with E-state index in [-0.39, 0.29) is 6.29 Å². The smallest absolute Gasteiger partial charge is 0.180 e. The van der Waals surface area contributed by atoms with Crippen molar-refractivity contribution in [2.75, 3.05) is 6.61 Å². The summed E-state index contributed by atoms with van der Waals surface area (Å²) in [6.07, 6.45) is 3.38. The van der Waals surface area contributed by atoms with Gasteiger partial charge in [-0.15, -0.1) is 0 Å². The lowest BCUT2D eigenvalue weighted by molar-refractivity contribution is -0.127. The number of aldehydes is 1. The fourth-order valence-corrected chi connectivity index (χ4v) is 1.33. The van der Waals surface area contributed by atoms with Gasteiger partial charge in [0, 0.05) is 0 Å².